The van der Waals surface area contributed by atoms with Crippen molar-refractivity contribution in [1.82, 2.24) is 0 Å². The summed E-state index contributed by atoms with van der Waals surface area (Å²) in [4.78, 5) is 23.8. The Morgan fingerprint density at radius 2 is 1.09 bits per heavy atom. The van der Waals surface area contributed by atoms with Gasteiger partial charge in [0.2, 0.25) is 0 Å². The van der Waals surface area contributed by atoms with Crippen LogP contribution in [0.25, 0.3) is 0 Å². The molecule has 0 unspecified atom stereocenters. The second-order valence-electron chi connectivity index (χ2n) is 6.80. The first-order chi connectivity index (χ1) is 10.0. The van der Waals surface area contributed by atoms with Crippen molar-refractivity contribution in [2.75, 3.05) is 0 Å². The Hall–Kier alpha value is -0.380. The standard InChI is InChI=1S/C16H22I2O4/c1-15(2,3)13(19)21-17-11-9-7-8-10-12(11)18-22-14(20)16(4,5)6/h7-10H,1-6H3/q-2. The zero-order valence-electron chi connectivity index (χ0n) is 13.7. The molecule has 126 valence electrons. The molecule has 0 fully saturated rings. The van der Waals surface area contributed by atoms with Gasteiger partial charge in [-0.1, -0.05) is 0 Å². The van der Waals surface area contributed by atoms with Crippen molar-refractivity contribution in [1.29, 1.82) is 0 Å². The molecule has 0 atom stereocenters. The van der Waals surface area contributed by atoms with E-state index in [1.165, 1.54) is 0 Å². The van der Waals surface area contributed by atoms with Gasteiger partial charge < -0.3 is 0 Å². The van der Waals surface area contributed by atoms with E-state index >= 15 is 0 Å². The average Bonchev–Trinajstić information content (AvgIpc) is 2.40. The van der Waals surface area contributed by atoms with Gasteiger partial charge >= 0.3 is 155 Å². The van der Waals surface area contributed by atoms with Crippen molar-refractivity contribution in [3.63, 3.8) is 0 Å². The molecule has 0 spiro atoms. The number of hydrogen-bond donors (Lipinski definition) is 0. The summed E-state index contributed by atoms with van der Waals surface area (Å²) >= 11 is -1.75. The Kier molecular flexibility index (Phi) is 7.10. The Morgan fingerprint density at radius 3 is 1.36 bits per heavy atom. The SMILES string of the molecule is CC(C)(C)C(=O)O[I-]c1ccccc1[I-]OC(=O)C(C)(C)C. The Labute approximate surface area is 154 Å². The molecule has 1 aromatic carbocycles. The summed E-state index contributed by atoms with van der Waals surface area (Å²) in [7, 11) is 0. The van der Waals surface area contributed by atoms with E-state index in [1.807, 2.05) is 65.8 Å². The summed E-state index contributed by atoms with van der Waals surface area (Å²) in [6.07, 6.45) is 0. The van der Waals surface area contributed by atoms with Gasteiger partial charge in [-0.3, -0.25) is 0 Å². The molecule has 22 heavy (non-hydrogen) atoms. The van der Waals surface area contributed by atoms with E-state index in [4.69, 9.17) is 6.13 Å². The second kappa shape index (κ2) is 7.94. The number of hydrogen-bond acceptors (Lipinski definition) is 4. The van der Waals surface area contributed by atoms with Crippen LogP contribution in [0.2, 0.25) is 0 Å². The van der Waals surface area contributed by atoms with Crippen LogP contribution >= 0.6 is 0 Å². The van der Waals surface area contributed by atoms with Crippen molar-refractivity contribution >= 4 is 11.9 Å². The van der Waals surface area contributed by atoms with Crippen LogP contribution in [-0.4, -0.2) is 11.9 Å². The molecular formula is C16H22I2O4-2. The van der Waals surface area contributed by atoms with Crippen LogP contribution in [0.5, 0.6) is 0 Å². The maximum absolute atomic E-state index is 11.9. The van der Waals surface area contributed by atoms with E-state index in [1.54, 1.807) is 0 Å². The van der Waals surface area contributed by atoms with Crippen molar-refractivity contribution < 1.29 is 59.0 Å². The molecule has 0 aliphatic carbocycles. The first-order valence-corrected chi connectivity index (χ1v) is 10.7. The quantitative estimate of drug-likeness (QED) is 0.394. The fourth-order valence-corrected chi connectivity index (χ4v) is 5.75. The molecule has 0 bridgehead atoms. The van der Waals surface area contributed by atoms with Gasteiger partial charge in [0.15, 0.2) is 0 Å². The van der Waals surface area contributed by atoms with Crippen molar-refractivity contribution in [2.45, 2.75) is 41.5 Å². The molecule has 0 heterocycles. The number of halogens is 2. The summed E-state index contributed by atoms with van der Waals surface area (Å²) in [6, 6.07) is 7.73. The van der Waals surface area contributed by atoms with E-state index < -0.39 is 54.1 Å². The van der Waals surface area contributed by atoms with Crippen LogP contribution in [0.4, 0.5) is 0 Å². The van der Waals surface area contributed by atoms with E-state index in [0.717, 1.165) is 7.14 Å². The summed E-state index contributed by atoms with van der Waals surface area (Å²) < 4.78 is 12.9. The van der Waals surface area contributed by atoms with Crippen molar-refractivity contribution in [3.05, 3.63) is 31.4 Å². The minimum atomic E-state index is -0.876. The van der Waals surface area contributed by atoms with Crippen molar-refractivity contribution in [2.24, 2.45) is 10.8 Å². The Bertz CT molecular complexity index is 493. The molecule has 6 heteroatoms. The first kappa shape index (κ1) is 19.7. The van der Waals surface area contributed by atoms with Crippen LogP contribution in [0, 0.1) is 18.0 Å². The van der Waals surface area contributed by atoms with Crippen LogP contribution in [0.1, 0.15) is 41.5 Å². The fraction of sp³-hybridized carbons (Fsp3) is 0.500. The second-order valence-corrected chi connectivity index (χ2v) is 10.9. The molecule has 1 aromatic rings. The van der Waals surface area contributed by atoms with E-state index in [-0.39, 0.29) is 11.9 Å². The Morgan fingerprint density at radius 1 is 0.773 bits per heavy atom. The molecule has 1 rings (SSSR count). The van der Waals surface area contributed by atoms with Crippen LogP contribution in [0.15, 0.2) is 24.3 Å². The van der Waals surface area contributed by atoms with Crippen molar-refractivity contribution in [3.8, 4) is 0 Å². The third kappa shape index (κ3) is 6.39. The molecule has 0 saturated carbocycles. The predicted molar refractivity (Wildman–Crippen MR) is 74.9 cm³/mol. The molecule has 0 saturated heterocycles. The van der Waals surface area contributed by atoms with Gasteiger partial charge in [0.1, 0.15) is 0 Å². The van der Waals surface area contributed by atoms with Gasteiger partial charge in [-0.25, -0.2) is 0 Å². The summed E-state index contributed by atoms with van der Waals surface area (Å²) in [5, 5.41) is 0. The van der Waals surface area contributed by atoms with E-state index in [2.05, 4.69) is 0 Å². The molecule has 0 aliphatic heterocycles. The topological polar surface area (TPSA) is 52.6 Å². The predicted octanol–water partition coefficient (Wildman–Crippen LogP) is -2.79. The van der Waals surface area contributed by atoms with E-state index in [9.17, 15) is 9.59 Å². The molecule has 0 aliphatic rings. The minimum absolute atomic E-state index is 0.194. The van der Waals surface area contributed by atoms with Crippen LogP contribution < -0.4 is 43.2 Å². The summed E-state index contributed by atoms with van der Waals surface area (Å²) in [6.45, 7) is 11.0. The maximum atomic E-state index is 11.9. The number of carbonyl (C=O) groups is 2. The molecule has 4 nitrogen and oxygen atoms in total. The van der Waals surface area contributed by atoms with Gasteiger partial charge in [-0.2, -0.15) is 0 Å². The molecular weight excluding hydrogens is 510 g/mol. The third-order valence-electron chi connectivity index (χ3n) is 2.43. The number of benzene rings is 1. The monoisotopic (exact) mass is 532 g/mol. The normalized spacial score (nSPS) is 12.3. The molecule has 0 amide bonds. The van der Waals surface area contributed by atoms with Crippen LogP contribution in [-0.2, 0) is 15.7 Å². The first-order valence-electron chi connectivity index (χ1n) is 6.83. The summed E-state index contributed by atoms with van der Waals surface area (Å²) in [5.41, 5.74) is -0.995. The number of rotatable bonds is 4. The zero-order chi connectivity index (χ0) is 17.0. The molecule has 0 radical (unpaired) electrons. The Balaban J connectivity index is 2.70. The average molecular weight is 532 g/mol. The summed E-state index contributed by atoms with van der Waals surface area (Å²) in [5.74, 6) is -0.389. The zero-order valence-corrected chi connectivity index (χ0v) is 18.0. The van der Waals surface area contributed by atoms with Gasteiger partial charge in [0.25, 0.3) is 0 Å². The third-order valence-corrected chi connectivity index (χ3v) is 7.54. The van der Waals surface area contributed by atoms with E-state index in [0.29, 0.717) is 0 Å². The molecule has 0 N–H and O–H groups in total. The fourth-order valence-electron chi connectivity index (χ4n) is 0.949. The van der Waals surface area contributed by atoms with Gasteiger partial charge in [-0.05, 0) is 0 Å². The van der Waals surface area contributed by atoms with Crippen LogP contribution in [0.3, 0.4) is 0 Å². The van der Waals surface area contributed by atoms with Gasteiger partial charge in [-0.15, -0.1) is 0 Å². The van der Waals surface area contributed by atoms with Gasteiger partial charge in [0, 0.05) is 0 Å². The molecule has 0 aromatic heterocycles. The van der Waals surface area contributed by atoms with Gasteiger partial charge in [0.05, 0.1) is 0 Å². The number of carbonyl (C=O) groups excluding carboxylic acids is 2.